The van der Waals surface area contributed by atoms with E-state index in [9.17, 15) is 0 Å². The Morgan fingerprint density at radius 2 is 2.20 bits per heavy atom. The summed E-state index contributed by atoms with van der Waals surface area (Å²) in [5, 5.41) is 5.98. The van der Waals surface area contributed by atoms with Crippen molar-refractivity contribution in [1.29, 1.82) is 0 Å². The van der Waals surface area contributed by atoms with Crippen molar-refractivity contribution in [3.8, 4) is 0 Å². The molecule has 0 atom stereocenters. The van der Waals surface area contributed by atoms with Gasteiger partial charge in [-0.25, -0.2) is 9.67 Å². The summed E-state index contributed by atoms with van der Waals surface area (Å²) in [4.78, 5) is 4.36. The molecule has 0 unspecified atom stereocenters. The van der Waals surface area contributed by atoms with Crippen molar-refractivity contribution in [2.75, 3.05) is 0 Å². The van der Waals surface area contributed by atoms with Gasteiger partial charge in [-0.05, 0) is 28.5 Å². The van der Waals surface area contributed by atoms with Gasteiger partial charge in [0.25, 0.3) is 0 Å². The fourth-order valence-electron chi connectivity index (χ4n) is 1.45. The Morgan fingerprint density at radius 1 is 1.47 bits per heavy atom. The zero-order chi connectivity index (χ0) is 11.0. The Hall–Kier alpha value is -0.360. The molecule has 2 rings (SSSR count). The zero-order valence-corrected chi connectivity index (χ0v) is 11.5. The number of fused-ring (bicyclic) bond motifs is 1. The maximum Gasteiger partial charge on any atom is 0.159 e. The van der Waals surface area contributed by atoms with E-state index < -0.39 is 0 Å². The van der Waals surface area contributed by atoms with Crippen molar-refractivity contribution >= 4 is 45.2 Å². The van der Waals surface area contributed by atoms with Crippen LogP contribution in [0, 0.1) is 9.49 Å². The minimum Gasteiger partial charge on any atom is -0.247 e. The van der Waals surface area contributed by atoms with Crippen LogP contribution in [0.5, 0.6) is 0 Å². The third kappa shape index (κ3) is 2.10. The molecule has 0 saturated heterocycles. The maximum absolute atomic E-state index is 6.18. The first kappa shape index (κ1) is 11.1. The Bertz CT molecular complexity index is 493. The highest BCUT2D eigenvalue weighted by Gasteiger charge is 2.10. The molecule has 0 spiro atoms. The van der Waals surface area contributed by atoms with Crippen molar-refractivity contribution < 1.29 is 0 Å². The normalized spacial score (nSPS) is 11.5. The van der Waals surface area contributed by atoms with E-state index in [1.54, 1.807) is 12.4 Å². The number of rotatable bonds is 2. The minimum atomic E-state index is 0.549. The van der Waals surface area contributed by atoms with Crippen LogP contribution in [0.4, 0.5) is 0 Å². The van der Waals surface area contributed by atoms with Gasteiger partial charge in [0.05, 0.1) is 20.2 Å². The van der Waals surface area contributed by atoms with Crippen molar-refractivity contribution in [3.05, 3.63) is 21.0 Å². The molecule has 2 heterocycles. The molecular formula is C10H11ClIN3. The zero-order valence-electron chi connectivity index (χ0n) is 8.54. The Kier molecular flexibility index (Phi) is 3.16. The first-order valence-electron chi connectivity index (χ1n) is 4.75. The average Bonchev–Trinajstić information content (AvgIpc) is 2.55. The molecule has 0 aliphatic heterocycles. The molecule has 0 radical (unpaired) electrons. The molecule has 15 heavy (non-hydrogen) atoms. The molecule has 0 bridgehead atoms. The molecule has 0 aromatic carbocycles. The van der Waals surface area contributed by atoms with Crippen LogP contribution in [-0.4, -0.2) is 14.8 Å². The van der Waals surface area contributed by atoms with E-state index in [-0.39, 0.29) is 0 Å². The lowest BCUT2D eigenvalue weighted by Crippen LogP contribution is -2.06. The fraction of sp³-hybridized carbons (Fsp3) is 0.400. The second kappa shape index (κ2) is 4.25. The van der Waals surface area contributed by atoms with Crippen molar-refractivity contribution in [2.24, 2.45) is 5.92 Å². The van der Waals surface area contributed by atoms with Crippen LogP contribution < -0.4 is 0 Å². The Labute approximate surface area is 107 Å². The largest absolute Gasteiger partial charge is 0.247 e. The highest BCUT2D eigenvalue weighted by molar-refractivity contribution is 14.1. The number of nitrogens with zero attached hydrogens (tertiary/aromatic N) is 3. The molecule has 80 valence electrons. The number of hydrogen-bond acceptors (Lipinski definition) is 2. The number of aromatic nitrogens is 3. The molecule has 0 saturated carbocycles. The summed E-state index contributed by atoms with van der Waals surface area (Å²) in [5.74, 6) is 0.549. The average molecular weight is 336 g/mol. The minimum absolute atomic E-state index is 0.549. The van der Waals surface area contributed by atoms with E-state index in [4.69, 9.17) is 11.6 Å². The SMILES string of the molecule is CC(C)Cn1ncc2c(Cl)c(I)cnc21. The number of pyridine rings is 1. The highest BCUT2D eigenvalue weighted by atomic mass is 127. The van der Waals surface area contributed by atoms with Gasteiger partial charge in [0.2, 0.25) is 0 Å². The van der Waals surface area contributed by atoms with Crippen LogP contribution in [0.3, 0.4) is 0 Å². The third-order valence-corrected chi connectivity index (χ3v) is 3.64. The van der Waals surface area contributed by atoms with Gasteiger partial charge in [-0.3, -0.25) is 0 Å². The van der Waals surface area contributed by atoms with Crippen molar-refractivity contribution in [3.63, 3.8) is 0 Å². The predicted molar refractivity (Wildman–Crippen MR) is 70.1 cm³/mol. The van der Waals surface area contributed by atoms with E-state index in [1.807, 2.05) is 4.68 Å². The summed E-state index contributed by atoms with van der Waals surface area (Å²) in [6.07, 6.45) is 3.57. The molecule has 3 nitrogen and oxygen atoms in total. The summed E-state index contributed by atoms with van der Waals surface area (Å²) in [6, 6.07) is 0. The van der Waals surface area contributed by atoms with Crippen LogP contribution in [0.1, 0.15) is 13.8 Å². The number of halogens is 2. The van der Waals surface area contributed by atoms with Gasteiger partial charge < -0.3 is 0 Å². The number of hydrogen-bond donors (Lipinski definition) is 0. The lowest BCUT2D eigenvalue weighted by Gasteiger charge is -2.05. The summed E-state index contributed by atoms with van der Waals surface area (Å²) in [6.45, 7) is 5.18. The van der Waals surface area contributed by atoms with Crippen LogP contribution in [0.25, 0.3) is 11.0 Å². The molecule has 0 aliphatic carbocycles. The lowest BCUT2D eigenvalue weighted by atomic mass is 10.2. The van der Waals surface area contributed by atoms with E-state index in [1.165, 1.54) is 0 Å². The standard InChI is InChI=1S/C10H11ClIN3/c1-6(2)5-15-10-7(3-14-15)9(11)8(12)4-13-10/h3-4,6H,5H2,1-2H3. The van der Waals surface area contributed by atoms with E-state index in [2.05, 4.69) is 46.5 Å². The van der Waals surface area contributed by atoms with Gasteiger partial charge >= 0.3 is 0 Å². The molecule has 0 aliphatic rings. The van der Waals surface area contributed by atoms with E-state index >= 15 is 0 Å². The molecule has 0 fully saturated rings. The highest BCUT2D eigenvalue weighted by Crippen LogP contribution is 2.26. The smallest absolute Gasteiger partial charge is 0.159 e. The lowest BCUT2D eigenvalue weighted by molar-refractivity contribution is 0.492. The monoisotopic (exact) mass is 335 g/mol. The first-order chi connectivity index (χ1) is 7.09. The van der Waals surface area contributed by atoms with Gasteiger partial charge in [0.1, 0.15) is 0 Å². The van der Waals surface area contributed by atoms with Gasteiger partial charge in [-0.15, -0.1) is 0 Å². The molecule has 2 aromatic rings. The fourth-order valence-corrected chi connectivity index (χ4v) is 2.06. The first-order valence-corrected chi connectivity index (χ1v) is 6.20. The van der Waals surface area contributed by atoms with Gasteiger partial charge in [-0.1, -0.05) is 25.4 Å². The Balaban J connectivity index is 2.57. The van der Waals surface area contributed by atoms with Gasteiger partial charge in [0, 0.05) is 12.7 Å². The summed E-state index contributed by atoms with van der Waals surface area (Å²) in [7, 11) is 0. The van der Waals surface area contributed by atoms with Crippen LogP contribution in [0.2, 0.25) is 5.02 Å². The predicted octanol–water partition coefficient (Wildman–Crippen LogP) is 3.35. The topological polar surface area (TPSA) is 30.7 Å². The maximum atomic E-state index is 6.18. The molecule has 0 N–H and O–H groups in total. The quantitative estimate of drug-likeness (QED) is 0.788. The summed E-state index contributed by atoms with van der Waals surface area (Å²) >= 11 is 8.35. The van der Waals surface area contributed by atoms with Crippen molar-refractivity contribution in [1.82, 2.24) is 14.8 Å². The second-order valence-corrected chi connectivity index (χ2v) is 5.42. The van der Waals surface area contributed by atoms with E-state index in [0.29, 0.717) is 5.92 Å². The van der Waals surface area contributed by atoms with Crippen molar-refractivity contribution in [2.45, 2.75) is 20.4 Å². The van der Waals surface area contributed by atoms with Crippen LogP contribution in [0.15, 0.2) is 12.4 Å². The third-order valence-electron chi connectivity index (χ3n) is 2.10. The Morgan fingerprint density at radius 3 is 2.87 bits per heavy atom. The van der Waals surface area contributed by atoms with E-state index in [0.717, 1.165) is 26.2 Å². The molecule has 2 aromatic heterocycles. The molecular weight excluding hydrogens is 324 g/mol. The molecule has 5 heteroatoms. The summed E-state index contributed by atoms with van der Waals surface area (Å²) < 4.78 is 2.87. The van der Waals surface area contributed by atoms with Crippen LogP contribution in [-0.2, 0) is 6.54 Å². The van der Waals surface area contributed by atoms with Gasteiger partial charge in [0.15, 0.2) is 5.65 Å². The summed E-state index contributed by atoms with van der Waals surface area (Å²) in [5.41, 5.74) is 0.870. The second-order valence-electron chi connectivity index (χ2n) is 3.88. The van der Waals surface area contributed by atoms with Gasteiger partial charge in [-0.2, -0.15) is 5.10 Å². The van der Waals surface area contributed by atoms with Crippen LogP contribution >= 0.6 is 34.2 Å². The molecule has 0 amide bonds.